The first-order valence-electron chi connectivity index (χ1n) is 9.50. The summed E-state index contributed by atoms with van der Waals surface area (Å²) in [5.41, 5.74) is 1.87. The third-order valence-electron chi connectivity index (χ3n) is 4.62. The molecule has 1 amide bonds. The molecule has 0 radical (unpaired) electrons. The average Bonchev–Trinajstić information content (AvgIpc) is 3.23. The van der Waals surface area contributed by atoms with Crippen LogP contribution in [0.5, 0.6) is 0 Å². The van der Waals surface area contributed by atoms with E-state index in [2.05, 4.69) is 10.0 Å². The number of carbonyl (C=O) groups is 1. The zero-order valence-electron chi connectivity index (χ0n) is 16.5. The number of hydrogen-bond donors (Lipinski definition) is 2. The van der Waals surface area contributed by atoms with Gasteiger partial charge in [0.25, 0.3) is 5.91 Å². The lowest BCUT2D eigenvalue weighted by molar-refractivity contribution is 0.0953. The lowest BCUT2D eigenvalue weighted by Crippen LogP contribution is -2.28. The summed E-state index contributed by atoms with van der Waals surface area (Å²) in [7, 11) is -3.77. The Balaban J connectivity index is 1.61. The third-order valence-corrected chi connectivity index (χ3v) is 7.01. The van der Waals surface area contributed by atoms with Crippen molar-refractivity contribution in [3.63, 3.8) is 0 Å². The smallest absolute Gasteiger partial charge is 0.251 e. The first-order valence-corrected chi connectivity index (χ1v) is 11.9. The maximum absolute atomic E-state index is 13.0. The molecule has 2 aromatic carbocycles. The number of benzene rings is 2. The topological polar surface area (TPSA) is 75.3 Å². The minimum absolute atomic E-state index is 0.0376. The fourth-order valence-corrected chi connectivity index (χ4v) is 4.69. The highest BCUT2D eigenvalue weighted by atomic mass is 32.2. The number of carbonyl (C=O) groups excluding carboxylic acids is 1. The molecule has 0 bridgehead atoms. The molecule has 2 N–H and O–H groups in total. The Kier molecular flexibility index (Phi) is 7.36. The molecule has 0 saturated heterocycles. The van der Waals surface area contributed by atoms with Crippen LogP contribution < -0.4 is 10.0 Å². The Bertz CT molecular complexity index is 1100. The van der Waals surface area contributed by atoms with E-state index < -0.39 is 10.0 Å². The zero-order valence-corrected chi connectivity index (χ0v) is 18.2. The van der Waals surface area contributed by atoms with Crippen molar-refractivity contribution in [3.05, 3.63) is 87.4 Å². The minimum Gasteiger partial charge on any atom is -0.352 e. The van der Waals surface area contributed by atoms with E-state index in [1.54, 1.807) is 36.5 Å². The number of rotatable bonds is 9. The van der Waals surface area contributed by atoms with Crippen LogP contribution >= 0.6 is 11.3 Å². The highest BCUT2D eigenvalue weighted by molar-refractivity contribution is 7.89. The normalized spacial score (nSPS) is 11.4. The van der Waals surface area contributed by atoms with Crippen molar-refractivity contribution in [1.29, 1.82) is 0 Å². The molecule has 0 aliphatic carbocycles. The van der Waals surface area contributed by atoms with Crippen LogP contribution in [0.2, 0.25) is 0 Å². The average molecular weight is 447 g/mol. The Morgan fingerprint density at radius 1 is 1.03 bits per heavy atom. The number of sulfonamides is 1. The van der Waals surface area contributed by atoms with Gasteiger partial charge in [-0.3, -0.25) is 4.79 Å². The van der Waals surface area contributed by atoms with E-state index in [-0.39, 0.29) is 23.2 Å². The van der Waals surface area contributed by atoms with Crippen molar-refractivity contribution >= 4 is 27.3 Å². The maximum atomic E-state index is 13.0. The SMILES string of the molecule is Cc1ccc(S(=O)(=O)NCCc2ccc(F)cc2)cc1C(=O)NCCc1cccs1. The van der Waals surface area contributed by atoms with Gasteiger partial charge in [0.2, 0.25) is 10.0 Å². The Morgan fingerprint density at radius 3 is 2.50 bits per heavy atom. The molecule has 1 heterocycles. The molecule has 3 aromatic rings. The summed E-state index contributed by atoms with van der Waals surface area (Å²) in [6, 6.07) is 14.4. The summed E-state index contributed by atoms with van der Waals surface area (Å²) < 4.78 is 40.8. The summed E-state index contributed by atoms with van der Waals surface area (Å²) in [5, 5.41) is 4.83. The first-order chi connectivity index (χ1) is 14.3. The highest BCUT2D eigenvalue weighted by Gasteiger charge is 2.17. The van der Waals surface area contributed by atoms with Gasteiger partial charge in [-0.2, -0.15) is 0 Å². The van der Waals surface area contributed by atoms with Gasteiger partial charge in [0, 0.05) is 23.5 Å². The number of hydrogen-bond acceptors (Lipinski definition) is 4. The molecule has 1 aromatic heterocycles. The van der Waals surface area contributed by atoms with Gasteiger partial charge in [0.15, 0.2) is 0 Å². The second kappa shape index (κ2) is 9.97. The minimum atomic E-state index is -3.77. The van der Waals surface area contributed by atoms with Gasteiger partial charge in [-0.1, -0.05) is 24.3 Å². The fraction of sp³-hybridized carbons (Fsp3) is 0.227. The molecule has 5 nitrogen and oxygen atoms in total. The van der Waals surface area contributed by atoms with E-state index in [0.717, 1.165) is 12.0 Å². The Hall–Kier alpha value is -2.55. The number of thiophene rings is 1. The van der Waals surface area contributed by atoms with Crippen LogP contribution in [0.4, 0.5) is 4.39 Å². The largest absolute Gasteiger partial charge is 0.352 e. The molecule has 0 aliphatic rings. The zero-order chi connectivity index (χ0) is 21.6. The molecular formula is C22H23FN2O3S2. The lowest BCUT2D eigenvalue weighted by Gasteiger charge is -2.11. The summed E-state index contributed by atoms with van der Waals surface area (Å²) in [6.07, 6.45) is 1.16. The molecule has 3 rings (SSSR count). The van der Waals surface area contributed by atoms with Crippen LogP contribution in [0.25, 0.3) is 0 Å². The van der Waals surface area contributed by atoms with Crippen LogP contribution in [0.1, 0.15) is 26.4 Å². The number of nitrogens with one attached hydrogen (secondary N) is 2. The van der Waals surface area contributed by atoms with Gasteiger partial charge in [-0.25, -0.2) is 17.5 Å². The predicted octanol–water partition coefficient (Wildman–Crippen LogP) is 3.69. The number of halogens is 1. The van der Waals surface area contributed by atoms with E-state index in [9.17, 15) is 17.6 Å². The van der Waals surface area contributed by atoms with Crippen molar-refractivity contribution in [3.8, 4) is 0 Å². The standard InChI is InChI=1S/C22H23FN2O3S2/c1-16-4-9-20(15-21(16)22(26)24-12-11-19-3-2-14-29-19)30(27,28)25-13-10-17-5-7-18(23)8-6-17/h2-9,14-15,25H,10-13H2,1H3,(H,24,26). The first kappa shape index (κ1) is 22.1. The van der Waals surface area contributed by atoms with Crippen molar-refractivity contribution < 1.29 is 17.6 Å². The molecule has 158 valence electrons. The van der Waals surface area contributed by atoms with Gasteiger partial charge < -0.3 is 5.32 Å². The lowest BCUT2D eigenvalue weighted by atomic mass is 10.1. The van der Waals surface area contributed by atoms with Gasteiger partial charge in [0.1, 0.15) is 5.82 Å². The van der Waals surface area contributed by atoms with Crippen molar-refractivity contribution in [2.24, 2.45) is 0 Å². The molecule has 8 heteroatoms. The molecule has 0 fully saturated rings. The van der Waals surface area contributed by atoms with E-state index in [0.29, 0.717) is 24.1 Å². The molecule has 0 atom stereocenters. The van der Waals surface area contributed by atoms with Gasteiger partial charge >= 0.3 is 0 Å². The maximum Gasteiger partial charge on any atom is 0.251 e. The summed E-state index contributed by atoms with van der Waals surface area (Å²) in [4.78, 5) is 13.8. The monoisotopic (exact) mass is 446 g/mol. The van der Waals surface area contributed by atoms with Crippen LogP contribution in [0.3, 0.4) is 0 Å². The Morgan fingerprint density at radius 2 is 1.80 bits per heavy atom. The van der Waals surface area contributed by atoms with Crippen LogP contribution in [0.15, 0.2) is 64.9 Å². The van der Waals surface area contributed by atoms with Crippen LogP contribution in [0, 0.1) is 12.7 Å². The van der Waals surface area contributed by atoms with Crippen LogP contribution in [-0.2, 0) is 22.9 Å². The molecule has 30 heavy (non-hydrogen) atoms. The second-order valence-electron chi connectivity index (χ2n) is 6.84. The molecule has 0 saturated carbocycles. The van der Waals surface area contributed by atoms with E-state index >= 15 is 0 Å². The molecule has 0 unspecified atom stereocenters. The van der Waals surface area contributed by atoms with Gasteiger partial charge in [-0.05, 0) is 66.6 Å². The molecular weight excluding hydrogens is 423 g/mol. The van der Waals surface area contributed by atoms with Crippen molar-refractivity contribution in [1.82, 2.24) is 10.0 Å². The summed E-state index contributed by atoms with van der Waals surface area (Å²) >= 11 is 1.63. The Labute approximate surface area is 180 Å². The van der Waals surface area contributed by atoms with Crippen molar-refractivity contribution in [2.45, 2.75) is 24.7 Å². The van der Waals surface area contributed by atoms with E-state index in [1.165, 1.54) is 29.1 Å². The molecule has 0 spiro atoms. The number of amides is 1. The van der Waals surface area contributed by atoms with Gasteiger partial charge in [0.05, 0.1) is 4.90 Å². The second-order valence-corrected chi connectivity index (χ2v) is 9.64. The summed E-state index contributed by atoms with van der Waals surface area (Å²) in [5.74, 6) is -0.632. The molecule has 0 aliphatic heterocycles. The fourth-order valence-electron chi connectivity index (χ4n) is 2.93. The quantitative estimate of drug-likeness (QED) is 0.526. The number of aryl methyl sites for hydroxylation is 1. The third kappa shape index (κ3) is 5.98. The van der Waals surface area contributed by atoms with Crippen LogP contribution in [-0.4, -0.2) is 27.4 Å². The van der Waals surface area contributed by atoms with E-state index in [1.807, 2.05) is 17.5 Å². The van der Waals surface area contributed by atoms with Crippen molar-refractivity contribution in [2.75, 3.05) is 13.1 Å². The van der Waals surface area contributed by atoms with Gasteiger partial charge in [-0.15, -0.1) is 11.3 Å². The van der Waals surface area contributed by atoms with E-state index in [4.69, 9.17) is 0 Å². The predicted molar refractivity (Wildman–Crippen MR) is 117 cm³/mol. The highest BCUT2D eigenvalue weighted by Crippen LogP contribution is 2.16. The summed E-state index contributed by atoms with van der Waals surface area (Å²) in [6.45, 7) is 2.42.